The average Bonchev–Trinajstić information content (AvgIpc) is 2.20. The van der Waals surface area contributed by atoms with E-state index in [0.29, 0.717) is 4.47 Å². The predicted octanol–water partition coefficient (Wildman–Crippen LogP) is 2.38. The van der Waals surface area contributed by atoms with Gasteiger partial charge in [-0.05, 0) is 48.0 Å². The van der Waals surface area contributed by atoms with Gasteiger partial charge in [0.2, 0.25) is 0 Å². The minimum atomic E-state index is -4.19. The molecule has 0 aliphatic heterocycles. The van der Waals surface area contributed by atoms with Crippen molar-refractivity contribution < 1.29 is 22.3 Å². The Morgan fingerprint density at radius 3 is 2.63 bits per heavy atom. The normalized spacial score (nSPS) is 11.2. The van der Waals surface area contributed by atoms with E-state index in [1.807, 2.05) is 4.72 Å². The Balaban J connectivity index is 2.80. The molecule has 0 aliphatic rings. The van der Waals surface area contributed by atoms with Gasteiger partial charge in [-0.1, -0.05) is 0 Å². The molecule has 0 bridgehead atoms. The zero-order valence-corrected chi connectivity index (χ0v) is 12.5. The van der Waals surface area contributed by atoms with Crippen LogP contribution >= 0.6 is 15.9 Å². The maximum atomic E-state index is 13.0. The van der Waals surface area contributed by atoms with Crippen molar-refractivity contribution in [3.05, 3.63) is 28.5 Å². The molecule has 1 rings (SSSR count). The van der Waals surface area contributed by atoms with Crippen LogP contribution in [0.15, 0.2) is 22.7 Å². The highest BCUT2D eigenvalue weighted by atomic mass is 79.9. The zero-order chi connectivity index (χ0) is 14.6. The molecule has 9 heteroatoms. The fourth-order valence-electron chi connectivity index (χ4n) is 1.09. The SMILES string of the molecule is CC(C)OC(=O)NS(=O)(=O)Nc1cc(F)ccc1Br. The first-order chi connectivity index (χ1) is 8.69. The van der Waals surface area contributed by atoms with E-state index >= 15 is 0 Å². The summed E-state index contributed by atoms with van der Waals surface area (Å²) in [7, 11) is -4.19. The van der Waals surface area contributed by atoms with E-state index in [9.17, 15) is 17.6 Å². The maximum Gasteiger partial charge on any atom is 0.422 e. The quantitative estimate of drug-likeness (QED) is 0.869. The minimum Gasteiger partial charge on any atom is -0.446 e. The largest absolute Gasteiger partial charge is 0.446 e. The lowest BCUT2D eigenvalue weighted by Crippen LogP contribution is -2.36. The molecule has 1 amide bonds. The van der Waals surface area contributed by atoms with E-state index in [4.69, 9.17) is 0 Å². The van der Waals surface area contributed by atoms with Crippen molar-refractivity contribution in [1.82, 2.24) is 4.72 Å². The number of ether oxygens (including phenoxy) is 1. The molecule has 0 saturated heterocycles. The van der Waals surface area contributed by atoms with Gasteiger partial charge in [-0.3, -0.25) is 4.72 Å². The third-order valence-corrected chi connectivity index (χ3v) is 3.35. The van der Waals surface area contributed by atoms with E-state index in [-0.39, 0.29) is 5.69 Å². The van der Waals surface area contributed by atoms with Crippen molar-refractivity contribution in [2.45, 2.75) is 20.0 Å². The van der Waals surface area contributed by atoms with E-state index < -0.39 is 28.2 Å². The standard InChI is InChI=1S/C10H12BrFN2O4S/c1-6(2)18-10(15)14-19(16,17)13-9-5-7(12)3-4-8(9)11/h3-6,13H,1-2H3,(H,14,15). The van der Waals surface area contributed by atoms with Crippen molar-refractivity contribution >= 4 is 37.9 Å². The molecule has 0 aromatic heterocycles. The highest BCUT2D eigenvalue weighted by molar-refractivity contribution is 9.10. The lowest BCUT2D eigenvalue weighted by Gasteiger charge is -2.12. The van der Waals surface area contributed by atoms with Crippen LogP contribution in [0, 0.1) is 5.82 Å². The van der Waals surface area contributed by atoms with Crippen LogP contribution in [0.25, 0.3) is 0 Å². The zero-order valence-electron chi connectivity index (χ0n) is 10.1. The van der Waals surface area contributed by atoms with Gasteiger partial charge in [0.1, 0.15) is 5.82 Å². The summed E-state index contributed by atoms with van der Waals surface area (Å²) in [5, 5.41) is 0. The molecule has 6 nitrogen and oxygen atoms in total. The monoisotopic (exact) mass is 354 g/mol. The molecule has 1 aromatic rings. The lowest BCUT2D eigenvalue weighted by atomic mass is 10.3. The van der Waals surface area contributed by atoms with Crippen LogP contribution in [0.5, 0.6) is 0 Å². The Kier molecular flexibility index (Phi) is 5.12. The molecule has 19 heavy (non-hydrogen) atoms. The van der Waals surface area contributed by atoms with Gasteiger partial charge in [0.05, 0.1) is 11.8 Å². The third-order valence-electron chi connectivity index (χ3n) is 1.73. The molecule has 1 aromatic carbocycles. The van der Waals surface area contributed by atoms with E-state index in [1.165, 1.54) is 6.07 Å². The fourth-order valence-corrected chi connectivity index (χ4v) is 2.35. The summed E-state index contributed by atoms with van der Waals surface area (Å²) >= 11 is 3.05. The number of amides is 1. The molecule has 0 spiro atoms. The first-order valence-corrected chi connectivity index (χ1v) is 7.43. The van der Waals surface area contributed by atoms with Crippen LogP contribution in [-0.4, -0.2) is 20.6 Å². The number of halogens is 2. The van der Waals surface area contributed by atoms with Crippen molar-refractivity contribution in [2.24, 2.45) is 0 Å². The third kappa shape index (κ3) is 5.43. The molecule has 0 saturated carbocycles. The molecule has 106 valence electrons. The number of carbonyl (C=O) groups excluding carboxylic acids is 1. The predicted molar refractivity (Wildman–Crippen MR) is 71.4 cm³/mol. The molecule has 0 aliphatic carbocycles. The minimum absolute atomic E-state index is 0.0372. The molecular formula is C10H12BrFN2O4S. The Morgan fingerprint density at radius 1 is 1.42 bits per heavy atom. The van der Waals surface area contributed by atoms with Gasteiger partial charge in [0.25, 0.3) is 0 Å². The summed E-state index contributed by atoms with van der Waals surface area (Å²) < 4.78 is 44.8. The molecule has 0 atom stereocenters. The number of hydrogen-bond donors (Lipinski definition) is 2. The van der Waals surface area contributed by atoms with E-state index in [2.05, 4.69) is 20.7 Å². The molecule has 0 radical (unpaired) electrons. The lowest BCUT2D eigenvalue weighted by molar-refractivity contribution is 0.121. The number of carbonyl (C=O) groups is 1. The first-order valence-electron chi connectivity index (χ1n) is 5.16. The summed E-state index contributed by atoms with van der Waals surface area (Å²) in [6, 6.07) is 3.46. The number of nitrogens with one attached hydrogen (secondary N) is 2. The van der Waals surface area contributed by atoms with Gasteiger partial charge in [-0.15, -0.1) is 0 Å². The smallest absolute Gasteiger partial charge is 0.422 e. The van der Waals surface area contributed by atoms with Crippen molar-refractivity contribution in [3.63, 3.8) is 0 Å². The second kappa shape index (κ2) is 6.20. The van der Waals surface area contributed by atoms with Gasteiger partial charge in [-0.25, -0.2) is 13.9 Å². The van der Waals surface area contributed by atoms with Gasteiger partial charge >= 0.3 is 16.3 Å². The number of rotatable bonds is 4. The van der Waals surface area contributed by atoms with Crippen molar-refractivity contribution in [2.75, 3.05) is 4.72 Å². The first kappa shape index (κ1) is 15.7. The van der Waals surface area contributed by atoms with Crippen LogP contribution in [-0.2, 0) is 14.9 Å². The Bertz CT molecular complexity index is 577. The molecule has 2 N–H and O–H groups in total. The summed E-state index contributed by atoms with van der Waals surface area (Å²) in [5.41, 5.74) is -0.0372. The second-order valence-corrected chi connectivity index (χ2v) is 6.06. The van der Waals surface area contributed by atoms with Crippen molar-refractivity contribution in [3.8, 4) is 0 Å². The van der Waals surface area contributed by atoms with Crippen molar-refractivity contribution in [1.29, 1.82) is 0 Å². The summed E-state index contributed by atoms with van der Waals surface area (Å²) in [4.78, 5) is 11.2. The Hall–Kier alpha value is -1.35. The highest BCUT2D eigenvalue weighted by Crippen LogP contribution is 2.23. The summed E-state index contributed by atoms with van der Waals surface area (Å²) in [6.45, 7) is 3.14. The molecule has 0 heterocycles. The number of benzene rings is 1. The van der Waals surface area contributed by atoms with Gasteiger partial charge in [-0.2, -0.15) is 8.42 Å². The Morgan fingerprint density at radius 2 is 2.05 bits per heavy atom. The number of anilines is 1. The van der Waals surface area contributed by atoms with E-state index in [0.717, 1.165) is 12.1 Å². The summed E-state index contributed by atoms with van der Waals surface area (Å²) in [5.74, 6) is -0.620. The molecule has 0 unspecified atom stereocenters. The molecule has 0 fully saturated rings. The Labute approximate surface area is 118 Å². The fraction of sp³-hybridized carbons (Fsp3) is 0.300. The molecular weight excluding hydrogens is 343 g/mol. The van der Waals surface area contributed by atoms with E-state index in [1.54, 1.807) is 18.6 Å². The van der Waals surface area contributed by atoms with Crippen LogP contribution < -0.4 is 9.44 Å². The van der Waals surface area contributed by atoms with Gasteiger partial charge < -0.3 is 4.74 Å². The van der Waals surface area contributed by atoms with Crippen LogP contribution in [0.2, 0.25) is 0 Å². The number of hydrogen-bond acceptors (Lipinski definition) is 4. The summed E-state index contributed by atoms with van der Waals surface area (Å²) in [6.07, 6.45) is -1.58. The highest BCUT2D eigenvalue weighted by Gasteiger charge is 2.17. The maximum absolute atomic E-state index is 13.0. The van der Waals surface area contributed by atoms with Gasteiger partial charge in [0.15, 0.2) is 0 Å². The van der Waals surface area contributed by atoms with Gasteiger partial charge in [0, 0.05) is 4.47 Å². The second-order valence-electron chi connectivity index (χ2n) is 3.79. The van der Waals surface area contributed by atoms with Crippen LogP contribution in [0.3, 0.4) is 0 Å². The van der Waals surface area contributed by atoms with Crippen LogP contribution in [0.4, 0.5) is 14.9 Å². The van der Waals surface area contributed by atoms with Crippen LogP contribution in [0.1, 0.15) is 13.8 Å². The topological polar surface area (TPSA) is 84.5 Å². The average molecular weight is 355 g/mol.